The first kappa shape index (κ1) is 12.4. The summed E-state index contributed by atoms with van der Waals surface area (Å²) in [4.78, 5) is 0. The Morgan fingerprint density at radius 1 is 1.43 bits per heavy atom. The average Bonchev–Trinajstić information content (AvgIpc) is 2.06. The molecule has 1 aliphatic carbocycles. The van der Waals surface area contributed by atoms with Crippen LogP contribution >= 0.6 is 11.8 Å². The van der Waals surface area contributed by atoms with Crippen LogP contribution in [-0.4, -0.2) is 17.0 Å². The largest absolute Gasteiger partial charge is 0.327 e. The smallest absolute Gasteiger partial charge is 0.0204 e. The van der Waals surface area contributed by atoms with Crippen molar-refractivity contribution in [2.45, 2.75) is 58.2 Å². The van der Waals surface area contributed by atoms with Gasteiger partial charge < -0.3 is 5.73 Å². The average molecular weight is 215 g/mol. The summed E-state index contributed by atoms with van der Waals surface area (Å²) in [5.41, 5.74) is 6.68. The van der Waals surface area contributed by atoms with Crippen LogP contribution in [0.25, 0.3) is 0 Å². The van der Waals surface area contributed by atoms with Gasteiger partial charge in [-0.1, -0.05) is 27.7 Å². The predicted molar refractivity (Wildman–Crippen MR) is 66.7 cm³/mol. The zero-order valence-corrected chi connectivity index (χ0v) is 10.9. The van der Waals surface area contributed by atoms with Gasteiger partial charge in [-0.15, -0.1) is 0 Å². The Hall–Kier alpha value is 0.310. The number of nitrogens with two attached hydrogens (primary N) is 1. The highest BCUT2D eigenvalue weighted by molar-refractivity contribution is 7.99. The molecule has 0 amide bonds. The molecule has 1 saturated carbocycles. The van der Waals surface area contributed by atoms with E-state index in [1.807, 2.05) is 0 Å². The maximum atomic E-state index is 6.17. The van der Waals surface area contributed by atoms with Crippen molar-refractivity contribution in [2.75, 3.05) is 5.75 Å². The number of hydrogen-bond donors (Lipinski definition) is 1. The summed E-state index contributed by atoms with van der Waals surface area (Å²) in [6, 6.07) is 0.437. The van der Waals surface area contributed by atoms with E-state index in [4.69, 9.17) is 5.73 Å². The highest BCUT2D eigenvalue weighted by Crippen LogP contribution is 2.40. The highest BCUT2D eigenvalue weighted by Gasteiger charge is 2.33. The van der Waals surface area contributed by atoms with E-state index in [-0.39, 0.29) is 0 Å². The van der Waals surface area contributed by atoms with E-state index in [0.29, 0.717) is 16.7 Å². The normalized spacial score (nSPS) is 32.1. The fraction of sp³-hybridized carbons (Fsp3) is 1.00. The van der Waals surface area contributed by atoms with Gasteiger partial charge in [-0.25, -0.2) is 0 Å². The second kappa shape index (κ2) is 4.89. The second-order valence-electron chi connectivity index (χ2n) is 5.84. The summed E-state index contributed by atoms with van der Waals surface area (Å²) < 4.78 is 0. The molecule has 0 saturated heterocycles. The zero-order chi connectivity index (χ0) is 10.8. The lowest BCUT2D eigenvalue weighted by atomic mass is 9.75. The molecule has 2 unspecified atom stereocenters. The van der Waals surface area contributed by atoms with Crippen molar-refractivity contribution in [1.82, 2.24) is 0 Å². The minimum absolute atomic E-state index is 0.437. The third-order valence-corrected chi connectivity index (χ3v) is 4.83. The molecule has 0 radical (unpaired) electrons. The first-order chi connectivity index (χ1) is 6.41. The van der Waals surface area contributed by atoms with Crippen LogP contribution in [0, 0.1) is 11.3 Å². The third kappa shape index (κ3) is 3.82. The quantitative estimate of drug-likeness (QED) is 0.782. The molecule has 2 atom stereocenters. The maximum Gasteiger partial charge on any atom is 0.0204 e. The minimum Gasteiger partial charge on any atom is -0.327 e. The van der Waals surface area contributed by atoms with Gasteiger partial charge >= 0.3 is 0 Å². The lowest BCUT2D eigenvalue weighted by Gasteiger charge is -2.39. The van der Waals surface area contributed by atoms with Gasteiger partial charge in [0.05, 0.1) is 0 Å². The molecule has 0 aromatic carbocycles. The van der Waals surface area contributed by atoms with Crippen molar-refractivity contribution in [1.29, 1.82) is 0 Å². The van der Waals surface area contributed by atoms with Crippen molar-refractivity contribution in [3.63, 3.8) is 0 Å². The molecule has 14 heavy (non-hydrogen) atoms. The molecular weight excluding hydrogens is 190 g/mol. The Kier molecular flexibility index (Phi) is 4.32. The van der Waals surface area contributed by atoms with E-state index in [1.54, 1.807) is 0 Å². The molecular formula is C12H25NS. The summed E-state index contributed by atoms with van der Waals surface area (Å²) in [5, 5.41) is 0.696. The summed E-state index contributed by atoms with van der Waals surface area (Å²) in [7, 11) is 0. The van der Waals surface area contributed by atoms with Gasteiger partial charge in [0.2, 0.25) is 0 Å². The molecule has 0 aromatic heterocycles. The van der Waals surface area contributed by atoms with Crippen LogP contribution in [0.5, 0.6) is 0 Å². The van der Waals surface area contributed by atoms with Crippen LogP contribution in [0.1, 0.15) is 47.0 Å². The van der Waals surface area contributed by atoms with Crippen LogP contribution in [0.15, 0.2) is 0 Å². The van der Waals surface area contributed by atoms with Crippen molar-refractivity contribution >= 4 is 11.8 Å². The van der Waals surface area contributed by atoms with Crippen molar-refractivity contribution in [2.24, 2.45) is 17.1 Å². The highest BCUT2D eigenvalue weighted by atomic mass is 32.2. The first-order valence-electron chi connectivity index (χ1n) is 5.78. The zero-order valence-electron chi connectivity index (χ0n) is 10.0. The molecule has 0 spiro atoms. The fourth-order valence-electron chi connectivity index (χ4n) is 2.04. The van der Waals surface area contributed by atoms with Crippen LogP contribution in [0.2, 0.25) is 0 Å². The number of hydrogen-bond acceptors (Lipinski definition) is 2. The Balaban J connectivity index is 2.41. The molecule has 0 aromatic rings. The molecule has 1 fully saturated rings. The second-order valence-corrected chi connectivity index (χ2v) is 7.11. The Bertz CT molecular complexity index is 177. The lowest BCUT2D eigenvalue weighted by Crippen LogP contribution is -2.41. The van der Waals surface area contributed by atoms with E-state index in [0.717, 1.165) is 5.92 Å². The van der Waals surface area contributed by atoms with Crippen molar-refractivity contribution in [3.8, 4) is 0 Å². The molecule has 0 bridgehead atoms. The number of thioether (sulfide) groups is 1. The van der Waals surface area contributed by atoms with Crippen LogP contribution in [-0.2, 0) is 0 Å². The molecule has 0 aliphatic heterocycles. The van der Waals surface area contributed by atoms with Gasteiger partial charge in [-0.2, -0.15) is 11.8 Å². The summed E-state index contributed by atoms with van der Waals surface area (Å²) in [6.07, 6.45) is 3.81. The van der Waals surface area contributed by atoms with Crippen LogP contribution in [0.4, 0.5) is 0 Å². The van der Waals surface area contributed by atoms with Crippen molar-refractivity contribution in [3.05, 3.63) is 0 Å². The molecule has 2 N–H and O–H groups in total. The van der Waals surface area contributed by atoms with Crippen molar-refractivity contribution < 1.29 is 0 Å². The predicted octanol–water partition coefficient (Wildman–Crippen LogP) is 3.28. The van der Waals surface area contributed by atoms with Crippen LogP contribution < -0.4 is 5.73 Å². The molecule has 2 heteroatoms. The van der Waals surface area contributed by atoms with Gasteiger partial charge in [0.1, 0.15) is 0 Å². The Morgan fingerprint density at radius 3 is 2.64 bits per heavy atom. The van der Waals surface area contributed by atoms with Gasteiger partial charge in [-0.05, 0) is 36.3 Å². The van der Waals surface area contributed by atoms with E-state index < -0.39 is 0 Å². The molecule has 1 nitrogen and oxygen atoms in total. The third-order valence-electron chi connectivity index (χ3n) is 3.03. The topological polar surface area (TPSA) is 26.0 Å². The molecule has 1 aliphatic rings. The molecule has 0 heterocycles. The standard InChI is InChI=1S/C12H25NS/c1-9(2)8-14-11-7-12(3,4)6-5-10(11)13/h9-11H,5-8,13H2,1-4H3. The Morgan fingerprint density at radius 2 is 2.07 bits per heavy atom. The SMILES string of the molecule is CC(C)CSC1CC(C)(C)CCC1N. The lowest BCUT2D eigenvalue weighted by molar-refractivity contribution is 0.232. The van der Waals surface area contributed by atoms with Gasteiger partial charge in [0, 0.05) is 11.3 Å². The Labute approximate surface area is 93.2 Å². The van der Waals surface area contributed by atoms with Crippen LogP contribution in [0.3, 0.4) is 0 Å². The van der Waals surface area contributed by atoms with Gasteiger partial charge in [0.15, 0.2) is 0 Å². The van der Waals surface area contributed by atoms with E-state index in [9.17, 15) is 0 Å². The minimum atomic E-state index is 0.437. The van der Waals surface area contributed by atoms with Gasteiger partial charge in [0.25, 0.3) is 0 Å². The fourth-order valence-corrected chi connectivity index (χ4v) is 3.62. The number of rotatable bonds is 3. The van der Waals surface area contributed by atoms with E-state index >= 15 is 0 Å². The first-order valence-corrected chi connectivity index (χ1v) is 6.83. The monoisotopic (exact) mass is 215 g/mol. The summed E-state index contributed by atoms with van der Waals surface area (Å²) in [5.74, 6) is 2.05. The molecule has 84 valence electrons. The van der Waals surface area contributed by atoms with E-state index in [1.165, 1.54) is 25.0 Å². The maximum absolute atomic E-state index is 6.17. The summed E-state index contributed by atoms with van der Waals surface area (Å²) >= 11 is 2.09. The molecule has 1 rings (SSSR count). The summed E-state index contributed by atoms with van der Waals surface area (Å²) in [6.45, 7) is 9.32. The van der Waals surface area contributed by atoms with E-state index in [2.05, 4.69) is 39.5 Å². The van der Waals surface area contributed by atoms with Gasteiger partial charge in [-0.3, -0.25) is 0 Å².